The third-order valence-electron chi connectivity index (χ3n) is 3.95. The van der Waals surface area contributed by atoms with Gasteiger partial charge >= 0.3 is 0 Å². The first-order valence-electron chi connectivity index (χ1n) is 6.76. The van der Waals surface area contributed by atoms with Gasteiger partial charge in [-0.2, -0.15) is 0 Å². The first kappa shape index (κ1) is 12.8. The van der Waals surface area contributed by atoms with E-state index in [-0.39, 0.29) is 17.7 Å². The number of fused-ring (bicyclic) bond motifs is 1. The molecule has 1 atom stereocenters. The summed E-state index contributed by atoms with van der Waals surface area (Å²) in [7, 11) is 0. The van der Waals surface area contributed by atoms with E-state index in [1.54, 1.807) is 4.90 Å². The number of amides is 3. The average molecular weight is 272 g/mol. The Kier molecular flexibility index (Phi) is 3.04. The van der Waals surface area contributed by atoms with Crippen LogP contribution in [0.3, 0.4) is 0 Å². The van der Waals surface area contributed by atoms with Crippen LogP contribution in [0.1, 0.15) is 29.5 Å². The maximum atomic E-state index is 12.3. The van der Waals surface area contributed by atoms with Gasteiger partial charge in [-0.15, -0.1) is 0 Å². The highest BCUT2D eigenvalue weighted by Gasteiger charge is 2.36. The highest BCUT2D eigenvalue weighted by atomic mass is 16.2. The molecule has 1 aromatic carbocycles. The van der Waals surface area contributed by atoms with Crippen LogP contribution >= 0.6 is 0 Å². The van der Waals surface area contributed by atoms with Gasteiger partial charge in [-0.05, 0) is 24.5 Å². The second-order valence-electron chi connectivity index (χ2n) is 5.44. The van der Waals surface area contributed by atoms with Crippen LogP contribution in [-0.4, -0.2) is 28.7 Å². The lowest BCUT2D eigenvalue weighted by Gasteiger charge is -2.36. The maximum Gasteiger partial charge on any atom is 0.249 e. The van der Waals surface area contributed by atoms with Crippen molar-refractivity contribution in [3.8, 4) is 0 Å². The number of imide groups is 1. The van der Waals surface area contributed by atoms with E-state index in [9.17, 15) is 14.4 Å². The summed E-state index contributed by atoms with van der Waals surface area (Å²) in [6.07, 6.45) is 1.04. The number of piperidine rings is 1. The van der Waals surface area contributed by atoms with Crippen LogP contribution in [-0.2, 0) is 27.3 Å². The molecule has 0 bridgehead atoms. The van der Waals surface area contributed by atoms with Gasteiger partial charge in [0, 0.05) is 13.0 Å². The van der Waals surface area contributed by atoms with Gasteiger partial charge in [0.1, 0.15) is 6.04 Å². The molecule has 0 aliphatic carbocycles. The number of carbonyl (C=O) groups excluding carboxylic acids is 3. The van der Waals surface area contributed by atoms with E-state index in [0.717, 1.165) is 16.7 Å². The number of aryl methyl sites for hydroxylation is 1. The van der Waals surface area contributed by atoms with Crippen LogP contribution in [0.5, 0.6) is 0 Å². The van der Waals surface area contributed by atoms with Crippen molar-refractivity contribution in [2.24, 2.45) is 0 Å². The Morgan fingerprint density at radius 3 is 2.75 bits per heavy atom. The van der Waals surface area contributed by atoms with Crippen molar-refractivity contribution in [2.45, 2.75) is 38.8 Å². The second kappa shape index (κ2) is 4.74. The van der Waals surface area contributed by atoms with E-state index < -0.39 is 6.04 Å². The lowest BCUT2D eigenvalue weighted by atomic mass is 9.94. The summed E-state index contributed by atoms with van der Waals surface area (Å²) >= 11 is 0. The van der Waals surface area contributed by atoms with Crippen LogP contribution in [0.4, 0.5) is 0 Å². The van der Waals surface area contributed by atoms with Gasteiger partial charge in [0.2, 0.25) is 17.7 Å². The molecule has 0 saturated carbocycles. The molecule has 0 spiro atoms. The highest BCUT2D eigenvalue weighted by molar-refractivity contribution is 6.01. The van der Waals surface area contributed by atoms with E-state index in [1.165, 1.54) is 0 Å². The summed E-state index contributed by atoms with van der Waals surface area (Å²) < 4.78 is 0. The lowest BCUT2D eigenvalue weighted by Crippen LogP contribution is -2.55. The summed E-state index contributed by atoms with van der Waals surface area (Å²) in [6, 6.07) is 5.53. The molecule has 0 unspecified atom stereocenters. The predicted octanol–water partition coefficient (Wildman–Crippen LogP) is 0.685. The molecule has 1 N–H and O–H groups in total. The summed E-state index contributed by atoms with van der Waals surface area (Å²) in [4.78, 5) is 36.9. The Morgan fingerprint density at radius 1 is 1.20 bits per heavy atom. The van der Waals surface area contributed by atoms with Crippen molar-refractivity contribution in [3.05, 3.63) is 34.9 Å². The molecule has 104 valence electrons. The summed E-state index contributed by atoms with van der Waals surface area (Å²) in [5.74, 6) is -0.658. The fourth-order valence-electron chi connectivity index (χ4n) is 2.87. The summed E-state index contributed by atoms with van der Waals surface area (Å²) in [6.45, 7) is 2.44. The molecule has 2 heterocycles. The van der Waals surface area contributed by atoms with Crippen molar-refractivity contribution >= 4 is 17.7 Å². The first-order valence-corrected chi connectivity index (χ1v) is 6.76. The van der Waals surface area contributed by atoms with E-state index >= 15 is 0 Å². The Balaban J connectivity index is 1.85. The zero-order chi connectivity index (χ0) is 14.3. The number of carbonyl (C=O) groups is 3. The largest absolute Gasteiger partial charge is 0.326 e. The molecule has 5 nitrogen and oxygen atoms in total. The highest BCUT2D eigenvalue weighted by Crippen LogP contribution is 2.25. The van der Waals surface area contributed by atoms with E-state index in [1.807, 2.05) is 25.1 Å². The van der Waals surface area contributed by atoms with Gasteiger partial charge in [0.25, 0.3) is 0 Å². The average Bonchev–Trinajstić information content (AvgIpc) is 2.38. The van der Waals surface area contributed by atoms with Gasteiger partial charge in [-0.1, -0.05) is 23.8 Å². The number of nitrogens with one attached hydrogen (secondary N) is 1. The zero-order valence-corrected chi connectivity index (χ0v) is 11.3. The lowest BCUT2D eigenvalue weighted by molar-refractivity contribution is -0.146. The topological polar surface area (TPSA) is 66.5 Å². The standard InChI is InChI=1S/C15H16N2O3/c1-9-2-3-10-8-17(14(19)7-11(10)6-9)12-4-5-13(18)16-15(12)20/h2-3,6,12H,4-5,7-8H2,1H3,(H,16,18,20)/t12-/m0/s1. The Hall–Kier alpha value is -2.17. The number of rotatable bonds is 1. The van der Waals surface area contributed by atoms with Crippen LogP contribution in [0.2, 0.25) is 0 Å². The predicted molar refractivity (Wildman–Crippen MR) is 71.6 cm³/mol. The fourth-order valence-corrected chi connectivity index (χ4v) is 2.87. The molecule has 5 heteroatoms. The van der Waals surface area contributed by atoms with Gasteiger partial charge in [0.15, 0.2) is 0 Å². The molecular formula is C15H16N2O3. The molecule has 2 aliphatic rings. The van der Waals surface area contributed by atoms with Crippen molar-refractivity contribution in [3.63, 3.8) is 0 Å². The normalized spacial score (nSPS) is 22.6. The summed E-state index contributed by atoms with van der Waals surface area (Å²) in [5.41, 5.74) is 3.25. The third kappa shape index (κ3) is 2.19. The van der Waals surface area contributed by atoms with Crippen LogP contribution < -0.4 is 5.32 Å². The molecule has 3 rings (SSSR count). The van der Waals surface area contributed by atoms with Gasteiger partial charge in [-0.3, -0.25) is 19.7 Å². The Bertz CT molecular complexity index is 609. The molecule has 1 aromatic rings. The van der Waals surface area contributed by atoms with Crippen molar-refractivity contribution < 1.29 is 14.4 Å². The number of hydrogen-bond acceptors (Lipinski definition) is 3. The van der Waals surface area contributed by atoms with Crippen LogP contribution in [0, 0.1) is 6.92 Å². The van der Waals surface area contributed by atoms with Crippen molar-refractivity contribution in [2.75, 3.05) is 0 Å². The first-order chi connectivity index (χ1) is 9.54. The van der Waals surface area contributed by atoms with Crippen LogP contribution in [0.25, 0.3) is 0 Å². The molecule has 0 aromatic heterocycles. The molecule has 1 saturated heterocycles. The van der Waals surface area contributed by atoms with Gasteiger partial charge in [0.05, 0.1) is 6.42 Å². The second-order valence-corrected chi connectivity index (χ2v) is 5.44. The fraction of sp³-hybridized carbons (Fsp3) is 0.400. The monoisotopic (exact) mass is 272 g/mol. The van der Waals surface area contributed by atoms with Gasteiger partial charge < -0.3 is 4.90 Å². The smallest absolute Gasteiger partial charge is 0.249 e. The number of nitrogens with zero attached hydrogens (tertiary/aromatic N) is 1. The van der Waals surface area contributed by atoms with Crippen LogP contribution in [0.15, 0.2) is 18.2 Å². The molecule has 20 heavy (non-hydrogen) atoms. The number of hydrogen-bond donors (Lipinski definition) is 1. The molecule has 2 aliphatic heterocycles. The minimum absolute atomic E-state index is 0.0439. The van der Waals surface area contributed by atoms with E-state index in [0.29, 0.717) is 25.8 Å². The minimum Gasteiger partial charge on any atom is -0.326 e. The van der Waals surface area contributed by atoms with E-state index in [2.05, 4.69) is 5.32 Å². The van der Waals surface area contributed by atoms with Crippen molar-refractivity contribution in [1.82, 2.24) is 10.2 Å². The molecule has 1 fully saturated rings. The SMILES string of the molecule is Cc1ccc2c(c1)CC(=O)N([C@H]1CCC(=O)NC1=O)C2. The molecular weight excluding hydrogens is 256 g/mol. The zero-order valence-electron chi connectivity index (χ0n) is 11.3. The van der Waals surface area contributed by atoms with Crippen molar-refractivity contribution in [1.29, 1.82) is 0 Å². The third-order valence-corrected chi connectivity index (χ3v) is 3.95. The van der Waals surface area contributed by atoms with E-state index in [4.69, 9.17) is 0 Å². The minimum atomic E-state index is -0.519. The quantitative estimate of drug-likeness (QED) is 0.765. The maximum absolute atomic E-state index is 12.3. The Morgan fingerprint density at radius 2 is 2.00 bits per heavy atom. The number of benzene rings is 1. The molecule has 0 radical (unpaired) electrons. The Labute approximate surface area is 116 Å². The summed E-state index contributed by atoms with van der Waals surface area (Å²) in [5, 5.41) is 2.31. The molecule has 3 amide bonds. The van der Waals surface area contributed by atoms with Gasteiger partial charge in [-0.25, -0.2) is 0 Å².